The van der Waals surface area contributed by atoms with E-state index in [1.165, 1.54) is 19.1 Å². The Labute approximate surface area is 191 Å². The lowest BCUT2D eigenvalue weighted by molar-refractivity contribution is -0.385. The van der Waals surface area contributed by atoms with Gasteiger partial charge in [0.25, 0.3) is 5.69 Å². The Morgan fingerprint density at radius 3 is 2.71 bits per heavy atom. The summed E-state index contributed by atoms with van der Waals surface area (Å²) in [6, 6.07) is 7.80. The van der Waals surface area contributed by atoms with E-state index < -0.39 is 16.9 Å². The minimum absolute atomic E-state index is 0.0180. The molecule has 0 fully saturated rings. The zero-order valence-electron chi connectivity index (χ0n) is 16.8. The Bertz CT molecular complexity index is 1150. The average molecular weight is 536 g/mol. The van der Waals surface area contributed by atoms with Crippen LogP contribution in [-0.4, -0.2) is 29.4 Å². The molecule has 0 bridgehead atoms. The highest BCUT2D eigenvalue weighted by Crippen LogP contribution is 2.35. The fourth-order valence-corrected chi connectivity index (χ4v) is 3.54. The number of nitro benzene ring substituents is 1. The number of ether oxygens (including phenoxy) is 3. The highest BCUT2D eigenvalue weighted by molar-refractivity contribution is 14.1. The lowest BCUT2D eigenvalue weighted by Gasteiger charge is -2.12. The molecule has 31 heavy (non-hydrogen) atoms. The second-order valence-corrected chi connectivity index (χ2v) is 7.61. The number of esters is 2. The first-order valence-electron chi connectivity index (χ1n) is 9.12. The van der Waals surface area contributed by atoms with Crippen molar-refractivity contribution in [2.45, 2.75) is 20.8 Å². The van der Waals surface area contributed by atoms with E-state index in [4.69, 9.17) is 14.2 Å². The van der Waals surface area contributed by atoms with Gasteiger partial charge in [-0.25, -0.2) is 9.79 Å². The van der Waals surface area contributed by atoms with Gasteiger partial charge in [0.1, 0.15) is 0 Å². The van der Waals surface area contributed by atoms with Crippen LogP contribution in [0.1, 0.15) is 30.5 Å². The van der Waals surface area contributed by atoms with Crippen LogP contribution < -0.4 is 9.47 Å². The maximum absolute atomic E-state index is 12.3. The zero-order valence-corrected chi connectivity index (χ0v) is 19.0. The van der Waals surface area contributed by atoms with Gasteiger partial charge >= 0.3 is 11.9 Å². The van der Waals surface area contributed by atoms with Crippen LogP contribution in [0, 0.1) is 20.6 Å². The molecule has 0 saturated carbocycles. The van der Waals surface area contributed by atoms with Crippen LogP contribution in [0.5, 0.6) is 11.5 Å². The minimum atomic E-state index is -0.685. The van der Waals surface area contributed by atoms with Crippen molar-refractivity contribution in [1.29, 1.82) is 0 Å². The molecule has 1 aliphatic rings. The standard InChI is InChI=1S/C21H17IN2O7/c1-4-29-18-9-13(7-15(22)19(18)30-12(3)25)8-16-21(26)31-20(23-16)14-6-5-11(2)17(10-14)24(27)28/h5-10H,4H2,1-3H3. The topological polar surface area (TPSA) is 117 Å². The fraction of sp³-hybridized carbons (Fsp3) is 0.190. The second kappa shape index (κ2) is 9.25. The third kappa shape index (κ3) is 5.08. The molecule has 0 saturated heterocycles. The molecule has 10 heteroatoms. The van der Waals surface area contributed by atoms with Gasteiger partial charge in [-0.2, -0.15) is 0 Å². The van der Waals surface area contributed by atoms with Crippen molar-refractivity contribution in [2.24, 2.45) is 4.99 Å². The van der Waals surface area contributed by atoms with Gasteiger partial charge < -0.3 is 14.2 Å². The molecule has 0 N–H and O–H groups in total. The van der Waals surface area contributed by atoms with Gasteiger partial charge in [-0.1, -0.05) is 6.07 Å². The van der Waals surface area contributed by atoms with Crippen LogP contribution in [-0.2, 0) is 14.3 Å². The molecule has 160 valence electrons. The van der Waals surface area contributed by atoms with E-state index in [1.54, 1.807) is 38.1 Å². The van der Waals surface area contributed by atoms with E-state index in [1.807, 2.05) is 22.6 Å². The van der Waals surface area contributed by atoms with Crippen molar-refractivity contribution >= 4 is 52.2 Å². The number of cyclic esters (lactones) is 1. The summed E-state index contributed by atoms with van der Waals surface area (Å²) in [4.78, 5) is 38.6. The molecule has 3 rings (SSSR count). The summed E-state index contributed by atoms with van der Waals surface area (Å²) in [7, 11) is 0. The summed E-state index contributed by atoms with van der Waals surface area (Å²) in [5.74, 6) is -0.542. The Morgan fingerprint density at radius 2 is 2.06 bits per heavy atom. The lowest BCUT2D eigenvalue weighted by Crippen LogP contribution is -2.06. The second-order valence-electron chi connectivity index (χ2n) is 6.45. The third-order valence-electron chi connectivity index (χ3n) is 4.15. The summed E-state index contributed by atoms with van der Waals surface area (Å²) < 4.78 is 16.6. The predicted molar refractivity (Wildman–Crippen MR) is 120 cm³/mol. The van der Waals surface area contributed by atoms with Gasteiger partial charge in [0, 0.05) is 24.1 Å². The first-order chi connectivity index (χ1) is 14.7. The number of nitrogens with zero attached hydrogens (tertiary/aromatic N) is 2. The molecule has 1 heterocycles. The van der Waals surface area contributed by atoms with E-state index >= 15 is 0 Å². The molecule has 0 amide bonds. The largest absolute Gasteiger partial charge is 0.490 e. The normalized spacial score (nSPS) is 14.3. The highest BCUT2D eigenvalue weighted by Gasteiger charge is 2.26. The van der Waals surface area contributed by atoms with E-state index in [0.29, 0.717) is 38.4 Å². The summed E-state index contributed by atoms with van der Waals surface area (Å²) in [5.41, 5.74) is 1.32. The Morgan fingerprint density at radius 1 is 1.32 bits per heavy atom. The van der Waals surface area contributed by atoms with Crippen LogP contribution in [0.25, 0.3) is 6.08 Å². The number of carbonyl (C=O) groups excluding carboxylic acids is 2. The molecule has 1 aliphatic heterocycles. The van der Waals surface area contributed by atoms with E-state index in [-0.39, 0.29) is 17.3 Å². The monoisotopic (exact) mass is 536 g/mol. The van der Waals surface area contributed by atoms with E-state index in [2.05, 4.69) is 4.99 Å². The molecular formula is C21H17IN2O7. The summed E-state index contributed by atoms with van der Waals surface area (Å²) >= 11 is 2.00. The Hall–Kier alpha value is -3.28. The Balaban J connectivity index is 1.99. The number of halogens is 1. The summed E-state index contributed by atoms with van der Waals surface area (Å²) in [6.07, 6.45) is 1.50. The molecule has 0 aromatic heterocycles. The summed E-state index contributed by atoms with van der Waals surface area (Å²) in [5, 5.41) is 11.2. The maximum Gasteiger partial charge on any atom is 0.363 e. The number of hydrogen-bond acceptors (Lipinski definition) is 8. The number of nitro groups is 1. The van der Waals surface area contributed by atoms with Gasteiger partial charge in [-0.05, 0) is 66.3 Å². The van der Waals surface area contributed by atoms with Crippen molar-refractivity contribution < 1.29 is 28.7 Å². The number of hydrogen-bond donors (Lipinski definition) is 0. The fourth-order valence-electron chi connectivity index (χ4n) is 2.81. The van der Waals surface area contributed by atoms with Crippen molar-refractivity contribution in [2.75, 3.05) is 6.61 Å². The van der Waals surface area contributed by atoms with Crippen molar-refractivity contribution in [3.05, 3.63) is 66.4 Å². The smallest absolute Gasteiger partial charge is 0.363 e. The molecule has 2 aromatic carbocycles. The number of aryl methyl sites for hydroxylation is 1. The summed E-state index contributed by atoms with van der Waals surface area (Å²) in [6.45, 7) is 5.05. The van der Waals surface area contributed by atoms with Crippen molar-refractivity contribution in [3.63, 3.8) is 0 Å². The van der Waals surface area contributed by atoms with E-state index in [0.717, 1.165) is 0 Å². The molecule has 0 radical (unpaired) electrons. The van der Waals surface area contributed by atoms with Gasteiger partial charge in [0.05, 0.1) is 15.1 Å². The van der Waals surface area contributed by atoms with Crippen LogP contribution >= 0.6 is 22.6 Å². The van der Waals surface area contributed by atoms with Crippen LogP contribution in [0.2, 0.25) is 0 Å². The number of benzene rings is 2. The molecule has 0 spiro atoms. The molecule has 0 atom stereocenters. The average Bonchev–Trinajstić information content (AvgIpc) is 3.05. The SMILES string of the molecule is CCOc1cc(C=C2N=C(c3ccc(C)c([N+](=O)[O-])c3)OC2=O)cc(I)c1OC(C)=O. The lowest BCUT2D eigenvalue weighted by atomic mass is 10.1. The van der Waals surface area contributed by atoms with Crippen molar-refractivity contribution in [1.82, 2.24) is 0 Å². The first kappa shape index (κ1) is 22.4. The van der Waals surface area contributed by atoms with Gasteiger partial charge in [0.15, 0.2) is 17.2 Å². The molecule has 0 aliphatic carbocycles. The van der Waals surface area contributed by atoms with Crippen LogP contribution in [0.15, 0.2) is 41.0 Å². The van der Waals surface area contributed by atoms with Crippen LogP contribution in [0.4, 0.5) is 5.69 Å². The highest BCUT2D eigenvalue weighted by atomic mass is 127. The number of aliphatic imine (C=N–C) groups is 1. The number of carbonyl (C=O) groups is 2. The first-order valence-corrected chi connectivity index (χ1v) is 10.2. The molecule has 9 nitrogen and oxygen atoms in total. The van der Waals surface area contributed by atoms with Gasteiger partial charge in [-0.3, -0.25) is 14.9 Å². The molecular weight excluding hydrogens is 519 g/mol. The maximum atomic E-state index is 12.3. The quantitative estimate of drug-likeness (QED) is 0.136. The Kier molecular flexibility index (Phi) is 6.68. The van der Waals surface area contributed by atoms with Crippen LogP contribution in [0.3, 0.4) is 0 Å². The number of rotatable bonds is 6. The third-order valence-corrected chi connectivity index (χ3v) is 4.96. The zero-order chi connectivity index (χ0) is 22.7. The van der Waals surface area contributed by atoms with Crippen molar-refractivity contribution in [3.8, 4) is 11.5 Å². The van der Waals surface area contributed by atoms with Gasteiger partial charge in [-0.15, -0.1) is 0 Å². The van der Waals surface area contributed by atoms with E-state index in [9.17, 15) is 19.7 Å². The molecule has 0 unspecified atom stereocenters. The van der Waals surface area contributed by atoms with Gasteiger partial charge in [0.2, 0.25) is 5.90 Å². The predicted octanol–water partition coefficient (Wildman–Crippen LogP) is 4.18. The minimum Gasteiger partial charge on any atom is -0.490 e. The molecule has 2 aromatic rings.